The van der Waals surface area contributed by atoms with Crippen molar-refractivity contribution in [3.05, 3.63) is 35.4 Å². The zero-order valence-electron chi connectivity index (χ0n) is 12.2. The van der Waals surface area contributed by atoms with Gasteiger partial charge in [0.2, 0.25) is 0 Å². The van der Waals surface area contributed by atoms with E-state index in [0.29, 0.717) is 11.8 Å². The van der Waals surface area contributed by atoms with E-state index in [4.69, 9.17) is 4.74 Å². The molecule has 0 spiro atoms. The molecule has 1 aromatic rings. The molecule has 0 bridgehead atoms. The van der Waals surface area contributed by atoms with E-state index in [2.05, 4.69) is 50.4 Å². The Balaban J connectivity index is 2.75. The third-order valence-corrected chi connectivity index (χ3v) is 3.38. The monoisotopic (exact) mass is 249 g/mol. The van der Waals surface area contributed by atoms with Crippen LogP contribution in [0.1, 0.15) is 37.3 Å². The second kappa shape index (κ2) is 8.28. The fourth-order valence-electron chi connectivity index (χ4n) is 2.36. The largest absolute Gasteiger partial charge is 0.384 e. The summed E-state index contributed by atoms with van der Waals surface area (Å²) in [5, 5.41) is 3.54. The van der Waals surface area contributed by atoms with Gasteiger partial charge in [-0.05, 0) is 31.4 Å². The van der Waals surface area contributed by atoms with Gasteiger partial charge in [0.15, 0.2) is 0 Å². The molecular weight excluding hydrogens is 222 g/mol. The third kappa shape index (κ3) is 4.79. The smallest absolute Gasteiger partial charge is 0.0494 e. The average molecular weight is 249 g/mol. The predicted octanol–water partition coefficient (Wildman–Crippen LogP) is 3.36. The first-order chi connectivity index (χ1) is 8.69. The second-order valence-electron chi connectivity index (χ2n) is 5.16. The SMILES string of the molecule is CCCNCC(c1cccc(C)c1)C(C)COC. The van der Waals surface area contributed by atoms with E-state index in [9.17, 15) is 0 Å². The summed E-state index contributed by atoms with van der Waals surface area (Å²) in [7, 11) is 1.78. The van der Waals surface area contributed by atoms with Crippen molar-refractivity contribution in [1.29, 1.82) is 0 Å². The molecule has 0 aliphatic rings. The molecule has 2 heteroatoms. The van der Waals surface area contributed by atoms with Crippen molar-refractivity contribution >= 4 is 0 Å². The molecule has 1 N–H and O–H groups in total. The van der Waals surface area contributed by atoms with E-state index in [-0.39, 0.29) is 0 Å². The number of methoxy groups -OCH3 is 1. The van der Waals surface area contributed by atoms with Crippen LogP contribution in [0, 0.1) is 12.8 Å². The summed E-state index contributed by atoms with van der Waals surface area (Å²) < 4.78 is 5.31. The summed E-state index contributed by atoms with van der Waals surface area (Å²) >= 11 is 0. The van der Waals surface area contributed by atoms with Crippen molar-refractivity contribution in [2.75, 3.05) is 26.8 Å². The third-order valence-electron chi connectivity index (χ3n) is 3.38. The molecule has 1 rings (SSSR count). The van der Waals surface area contributed by atoms with E-state index in [1.807, 2.05) is 0 Å². The highest BCUT2D eigenvalue weighted by Gasteiger charge is 2.18. The van der Waals surface area contributed by atoms with Crippen molar-refractivity contribution in [3.63, 3.8) is 0 Å². The van der Waals surface area contributed by atoms with Gasteiger partial charge in [0, 0.05) is 26.2 Å². The van der Waals surface area contributed by atoms with E-state index >= 15 is 0 Å². The van der Waals surface area contributed by atoms with Gasteiger partial charge in [0.1, 0.15) is 0 Å². The number of benzene rings is 1. The molecule has 0 aliphatic heterocycles. The summed E-state index contributed by atoms with van der Waals surface area (Å²) in [6.45, 7) is 9.55. The second-order valence-corrected chi connectivity index (χ2v) is 5.16. The summed E-state index contributed by atoms with van der Waals surface area (Å²) in [4.78, 5) is 0. The van der Waals surface area contributed by atoms with Gasteiger partial charge in [0.25, 0.3) is 0 Å². The Bertz CT molecular complexity index is 338. The average Bonchev–Trinajstić information content (AvgIpc) is 2.35. The van der Waals surface area contributed by atoms with Crippen LogP contribution in [0.5, 0.6) is 0 Å². The molecule has 0 heterocycles. The molecule has 0 aromatic heterocycles. The van der Waals surface area contributed by atoms with Crippen molar-refractivity contribution in [1.82, 2.24) is 5.32 Å². The van der Waals surface area contributed by atoms with Gasteiger partial charge in [-0.3, -0.25) is 0 Å². The van der Waals surface area contributed by atoms with Crippen LogP contribution in [0.25, 0.3) is 0 Å². The highest BCUT2D eigenvalue weighted by atomic mass is 16.5. The van der Waals surface area contributed by atoms with Crippen LogP contribution in [-0.2, 0) is 4.74 Å². The van der Waals surface area contributed by atoms with Crippen LogP contribution < -0.4 is 5.32 Å². The molecule has 2 nitrogen and oxygen atoms in total. The minimum atomic E-state index is 0.524. The Morgan fingerprint density at radius 1 is 1.33 bits per heavy atom. The maximum atomic E-state index is 5.31. The van der Waals surface area contributed by atoms with Gasteiger partial charge in [-0.2, -0.15) is 0 Å². The van der Waals surface area contributed by atoms with E-state index < -0.39 is 0 Å². The summed E-state index contributed by atoms with van der Waals surface area (Å²) in [6, 6.07) is 8.83. The molecule has 0 saturated carbocycles. The lowest BCUT2D eigenvalue weighted by atomic mass is 9.87. The molecule has 0 aliphatic carbocycles. The Hall–Kier alpha value is -0.860. The quantitative estimate of drug-likeness (QED) is 0.713. The lowest BCUT2D eigenvalue weighted by Crippen LogP contribution is -2.28. The highest BCUT2D eigenvalue weighted by Crippen LogP contribution is 2.25. The number of hydrogen-bond acceptors (Lipinski definition) is 2. The molecule has 2 atom stereocenters. The standard InChI is InChI=1S/C16H27NO/c1-5-9-17-11-16(14(3)12-18-4)15-8-6-7-13(2)10-15/h6-8,10,14,16-17H,5,9,11-12H2,1-4H3. The van der Waals surface area contributed by atoms with Gasteiger partial charge in [0.05, 0.1) is 0 Å². The van der Waals surface area contributed by atoms with Gasteiger partial charge >= 0.3 is 0 Å². The van der Waals surface area contributed by atoms with Gasteiger partial charge < -0.3 is 10.1 Å². The van der Waals surface area contributed by atoms with Crippen LogP contribution in [0.2, 0.25) is 0 Å². The molecule has 18 heavy (non-hydrogen) atoms. The lowest BCUT2D eigenvalue weighted by molar-refractivity contribution is 0.146. The van der Waals surface area contributed by atoms with Gasteiger partial charge in [-0.25, -0.2) is 0 Å². The first kappa shape index (κ1) is 15.2. The number of hydrogen-bond donors (Lipinski definition) is 1. The van der Waals surface area contributed by atoms with E-state index in [1.54, 1.807) is 7.11 Å². The molecule has 0 radical (unpaired) electrons. The molecule has 1 aromatic carbocycles. The summed E-state index contributed by atoms with van der Waals surface area (Å²) in [5.41, 5.74) is 2.75. The van der Waals surface area contributed by atoms with Crippen molar-refractivity contribution in [2.24, 2.45) is 5.92 Å². The lowest BCUT2D eigenvalue weighted by Gasteiger charge is -2.24. The maximum absolute atomic E-state index is 5.31. The molecule has 0 fully saturated rings. The van der Waals surface area contributed by atoms with Gasteiger partial charge in [-0.1, -0.05) is 43.7 Å². The molecule has 2 unspecified atom stereocenters. The first-order valence-electron chi connectivity index (χ1n) is 6.95. The Kier molecular flexibility index (Phi) is 6.99. The van der Waals surface area contributed by atoms with E-state index in [1.165, 1.54) is 17.5 Å². The minimum absolute atomic E-state index is 0.524. The molecule has 0 saturated heterocycles. The molecular formula is C16H27NO. The number of nitrogens with one attached hydrogen (secondary N) is 1. The number of rotatable bonds is 8. The Morgan fingerprint density at radius 3 is 2.72 bits per heavy atom. The Labute approximate surface area is 112 Å². The first-order valence-corrected chi connectivity index (χ1v) is 6.95. The zero-order valence-corrected chi connectivity index (χ0v) is 12.2. The molecule has 102 valence electrons. The summed E-state index contributed by atoms with van der Waals surface area (Å²) in [6.07, 6.45) is 1.18. The minimum Gasteiger partial charge on any atom is -0.384 e. The topological polar surface area (TPSA) is 21.3 Å². The van der Waals surface area contributed by atoms with Gasteiger partial charge in [-0.15, -0.1) is 0 Å². The predicted molar refractivity (Wildman–Crippen MR) is 78.1 cm³/mol. The van der Waals surface area contributed by atoms with Crippen LogP contribution in [0.15, 0.2) is 24.3 Å². The number of ether oxygens (including phenoxy) is 1. The maximum Gasteiger partial charge on any atom is 0.0494 e. The van der Waals surface area contributed by atoms with Crippen LogP contribution >= 0.6 is 0 Å². The zero-order chi connectivity index (χ0) is 13.4. The normalized spacial score (nSPS) is 14.4. The van der Waals surface area contributed by atoms with Crippen LogP contribution in [-0.4, -0.2) is 26.8 Å². The summed E-state index contributed by atoms with van der Waals surface area (Å²) in [5.74, 6) is 1.05. The fraction of sp³-hybridized carbons (Fsp3) is 0.625. The fourth-order valence-corrected chi connectivity index (χ4v) is 2.36. The number of aryl methyl sites for hydroxylation is 1. The Morgan fingerprint density at radius 2 is 2.11 bits per heavy atom. The van der Waals surface area contributed by atoms with Crippen molar-refractivity contribution < 1.29 is 4.74 Å². The van der Waals surface area contributed by atoms with Crippen molar-refractivity contribution in [2.45, 2.75) is 33.1 Å². The van der Waals surface area contributed by atoms with Crippen LogP contribution in [0.4, 0.5) is 0 Å². The van der Waals surface area contributed by atoms with Crippen molar-refractivity contribution in [3.8, 4) is 0 Å². The molecule has 0 amide bonds. The van der Waals surface area contributed by atoms with E-state index in [0.717, 1.165) is 19.7 Å². The van der Waals surface area contributed by atoms with Crippen LogP contribution in [0.3, 0.4) is 0 Å². The highest BCUT2D eigenvalue weighted by molar-refractivity contribution is 5.26.